The summed E-state index contributed by atoms with van der Waals surface area (Å²) in [6, 6.07) is 0. The van der Waals surface area contributed by atoms with Crippen molar-refractivity contribution >= 4 is 12.2 Å². The molecule has 0 aromatic heterocycles. The summed E-state index contributed by atoms with van der Waals surface area (Å²) in [6.45, 7) is 5.64. The van der Waals surface area contributed by atoms with Crippen LogP contribution in [-0.2, 0) is 14.2 Å². The van der Waals surface area contributed by atoms with Crippen molar-refractivity contribution in [3.8, 4) is 0 Å². The first-order chi connectivity index (χ1) is 9.14. The van der Waals surface area contributed by atoms with Crippen molar-refractivity contribution in [3.05, 3.63) is 0 Å². The summed E-state index contributed by atoms with van der Waals surface area (Å²) in [7, 11) is 0. The Kier molecular flexibility index (Phi) is 3.58. The van der Waals surface area contributed by atoms with E-state index in [1.165, 1.54) is 0 Å². The number of amides is 1. The zero-order valence-electron chi connectivity index (χ0n) is 12.0. The number of fused-ring (bicyclic) bond motifs is 3. The lowest BCUT2D eigenvalue weighted by molar-refractivity contribution is -0.277. The standard InChI is InChI=1S/C13H21NO6/c1-11(2,3)19-9(15)14-12-4-6-13(7-5-12,18-8-12)20-10(16)17/h4-8H2,1-3H3,(H,14,15)(H,16,17). The molecule has 114 valence electrons. The van der Waals surface area contributed by atoms with Crippen molar-refractivity contribution < 1.29 is 28.9 Å². The van der Waals surface area contributed by atoms with Crippen LogP contribution in [0.2, 0.25) is 0 Å². The Balaban J connectivity index is 1.94. The van der Waals surface area contributed by atoms with E-state index >= 15 is 0 Å². The van der Waals surface area contributed by atoms with E-state index in [2.05, 4.69) is 5.32 Å². The van der Waals surface area contributed by atoms with E-state index in [1.807, 2.05) is 0 Å². The first-order valence-electron chi connectivity index (χ1n) is 6.71. The molecule has 0 unspecified atom stereocenters. The normalized spacial score (nSPS) is 32.5. The summed E-state index contributed by atoms with van der Waals surface area (Å²) in [5.74, 6) is -1.04. The third-order valence-electron chi connectivity index (χ3n) is 3.62. The number of carboxylic acid groups (broad SMARTS) is 1. The molecule has 0 aromatic carbocycles. The van der Waals surface area contributed by atoms with Crippen molar-refractivity contribution in [2.45, 2.75) is 63.4 Å². The minimum Gasteiger partial charge on any atom is -0.450 e. The van der Waals surface area contributed by atoms with Crippen LogP contribution in [0.3, 0.4) is 0 Å². The maximum atomic E-state index is 11.9. The van der Waals surface area contributed by atoms with E-state index in [9.17, 15) is 9.59 Å². The van der Waals surface area contributed by atoms with Crippen LogP contribution >= 0.6 is 0 Å². The number of nitrogens with one attached hydrogen (secondary N) is 1. The lowest BCUT2D eigenvalue weighted by Gasteiger charge is -2.51. The molecule has 0 radical (unpaired) electrons. The molecule has 2 N–H and O–H groups in total. The van der Waals surface area contributed by atoms with Crippen LogP contribution in [0, 0.1) is 0 Å². The van der Waals surface area contributed by atoms with Gasteiger partial charge in [-0.05, 0) is 33.6 Å². The molecule has 20 heavy (non-hydrogen) atoms. The lowest BCUT2D eigenvalue weighted by atomic mass is 9.76. The highest BCUT2D eigenvalue weighted by Gasteiger charge is 2.53. The number of ether oxygens (including phenoxy) is 3. The summed E-state index contributed by atoms with van der Waals surface area (Å²) in [4.78, 5) is 22.5. The molecule has 2 heterocycles. The fraction of sp³-hybridized carbons (Fsp3) is 0.846. The summed E-state index contributed by atoms with van der Waals surface area (Å²) >= 11 is 0. The number of carbonyl (C=O) groups is 2. The van der Waals surface area contributed by atoms with Gasteiger partial charge in [0.05, 0.1) is 12.1 Å². The number of hydrogen-bond acceptors (Lipinski definition) is 5. The largest absolute Gasteiger partial charge is 0.508 e. The van der Waals surface area contributed by atoms with E-state index in [-0.39, 0.29) is 6.61 Å². The first kappa shape index (κ1) is 14.9. The number of alkyl carbamates (subject to hydrolysis) is 1. The van der Waals surface area contributed by atoms with E-state index in [1.54, 1.807) is 20.8 Å². The minimum absolute atomic E-state index is 0.236. The Labute approximate surface area is 117 Å². The molecule has 7 nitrogen and oxygen atoms in total. The van der Waals surface area contributed by atoms with Gasteiger partial charge in [-0.1, -0.05) is 0 Å². The fourth-order valence-electron chi connectivity index (χ4n) is 2.64. The molecule has 1 aliphatic carbocycles. The zero-order valence-corrected chi connectivity index (χ0v) is 12.0. The van der Waals surface area contributed by atoms with Gasteiger partial charge >= 0.3 is 12.2 Å². The molecule has 2 aliphatic heterocycles. The molecule has 7 heteroatoms. The van der Waals surface area contributed by atoms with Gasteiger partial charge in [0, 0.05) is 12.8 Å². The van der Waals surface area contributed by atoms with Crippen LogP contribution in [0.4, 0.5) is 9.59 Å². The maximum absolute atomic E-state index is 11.9. The summed E-state index contributed by atoms with van der Waals surface area (Å²) in [6.07, 6.45) is 0.289. The second-order valence-corrected chi connectivity index (χ2v) is 6.47. The Morgan fingerprint density at radius 3 is 2.20 bits per heavy atom. The molecule has 0 aromatic rings. The van der Waals surface area contributed by atoms with Crippen LogP contribution in [-0.4, -0.2) is 40.9 Å². The molecule has 1 saturated carbocycles. The van der Waals surface area contributed by atoms with Crippen molar-refractivity contribution in [2.75, 3.05) is 6.61 Å². The average Bonchev–Trinajstić information content (AvgIpc) is 2.27. The molecular weight excluding hydrogens is 266 g/mol. The van der Waals surface area contributed by atoms with Gasteiger partial charge in [-0.15, -0.1) is 0 Å². The number of rotatable bonds is 2. The Bertz CT molecular complexity index is 389. The maximum Gasteiger partial charge on any atom is 0.508 e. The molecule has 2 bridgehead atoms. The predicted molar refractivity (Wildman–Crippen MR) is 68.4 cm³/mol. The molecule has 1 amide bonds. The molecule has 3 rings (SSSR count). The highest BCUT2D eigenvalue weighted by molar-refractivity contribution is 5.69. The smallest absolute Gasteiger partial charge is 0.450 e. The van der Waals surface area contributed by atoms with E-state index in [4.69, 9.17) is 19.3 Å². The van der Waals surface area contributed by atoms with E-state index in [0.717, 1.165) is 0 Å². The Morgan fingerprint density at radius 2 is 1.80 bits per heavy atom. The van der Waals surface area contributed by atoms with Crippen LogP contribution < -0.4 is 5.32 Å². The van der Waals surface area contributed by atoms with Crippen molar-refractivity contribution in [1.82, 2.24) is 5.32 Å². The van der Waals surface area contributed by atoms with Gasteiger partial charge in [-0.3, -0.25) is 0 Å². The van der Waals surface area contributed by atoms with Crippen LogP contribution in [0.25, 0.3) is 0 Å². The SMILES string of the molecule is CC(C)(C)OC(=O)NC12CCC(OC(=O)O)(CC1)OC2. The lowest BCUT2D eigenvalue weighted by Crippen LogP contribution is -2.64. The van der Waals surface area contributed by atoms with Crippen LogP contribution in [0.1, 0.15) is 46.5 Å². The molecule has 3 aliphatic rings. The van der Waals surface area contributed by atoms with Gasteiger partial charge in [0.2, 0.25) is 5.79 Å². The van der Waals surface area contributed by atoms with Crippen molar-refractivity contribution in [1.29, 1.82) is 0 Å². The predicted octanol–water partition coefficient (Wildman–Crippen LogP) is 2.25. The molecule has 3 fully saturated rings. The summed E-state index contributed by atoms with van der Waals surface area (Å²) in [5, 5.41) is 11.6. The summed E-state index contributed by atoms with van der Waals surface area (Å²) in [5.41, 5.74) is -1.03. The number of hydrogen-bond donors (Lipinski definition) is 2. The van der Waals surface area contributed by atoms with Crippen LogP contribution in [0.5, 0.6) is 0 Å². The van der Waals surface area contributed by atoms with E-state index in [0.29, 0.717) is 25.7 Å². The van der Waals surface area contributed by atoms with Gasteiger partial charge in [0.1, 0.15) is 5.60 Å². The Hall–Kier alpha value is -1.50. The van der Waals surface area contributed by atoms with Crippen molar-refractivity contribution in [3.63, 3.8) is 0 Å². The molecule has 0 atom stereocenters. The van der Waals surface area contributed by atoms with E-state index < -0.39 is 29.2 Å². The average molecular weight is 287 g/mol. The van der Waals surface area contributed by atoms with Crippen molar-refractivity contribution in [2.24, 2.45) is 0 Å². The Morgan fingerprint density at radius 1 is 1.20 bits per heavy atom. The van der Waals surface area contributed by atoms with Gasteiger partial charge in [0.15, 0.2) is 0 Å². The number of carbonyl (C=O) groups excluding carboxylic acids is 1. The third-order valence-corrected chi connectivity index (χ3v) is 3.62. The van der Waals surface area contributed by atoms with Crippen LogP contribution in [0.15, 0.2) is 0 Å². The zero-order chi connectivity index (χ0) is 15.0. The van der Waals surface area contributed by atoms with Gasteiger partial charge in [-0.25, -0.2) is 9.59 Å². The highest BCUT2D eigenvalue weighted by atomic mass is 16.8. The highest BCUT2D eigenvalue weighted by Crippen LogP contribution is 2.44. The third kappa shape index (κ3) is 3.33. The fourth-order valence-corrected chi connectivity index (χ4v) is 2.64. The second-order valence-electron chi connectivity index (χ2n) is 6.47. The first-order valence-corrected chi connectivity index (χ1v) is 6.71. The topological polar surface area (TPSA) is 94.1 Å². The molecule has 2 saturated heterocycles. The molecule has 0 spiro atoms. The van der Waals surface area contributed by atoms with Gasteiger partial charge < -0.3 is 24.6 Å². The second kappa shape index (κ2) is 4.80. The minimum atomic E-state index is -1.33. The monoisotopic (exact) mass is 287 g/mol. The molecular formula is C13H21NO6. The van der Waals surface area contributed by atoms with Gasteiger partial charge in [0.25, 0.3) is 0 Å². The van der Waals surface area contributed by atoms with Gasteiger partial charge in [-0.2, -0.15) is 0 Å². The summed E-state index contributed by atoms with van der Waals surface area (Å²) < 4.78 is 15.6. The quantitative estimate of drug-likeness (QED) is 0.756.